The fraction of sp³-hybridized carbons (Fsp3) is 0.286. The molecule has 29 heavy (non-hydrogen) atoms. The summed E-state index contributed by atoms with van der Waals surface area (Å²) in [4.78, 5) is 12.4. The summed E-state index contributed by atoms with van der Waals surface area (Å²) in [6.07, 6.45) is -4.66. The number of alkyl halides is 3. The van der Waals surface area contributed by atoms with E-state index in [0.717, 1.165) is 12.1 Å². The number of halogens is 3. The largest absolute Gasteiger partial charge is 0.459 e. The van der Waals surface area contributed by atoms with Crippen LogP contribution in [0.5, 0.6) is 11.5 Å². The first kappa shape index (κ1) is 21.8. The van der Waals surface area contributed by atoms with Crippen molar-refractivity contribution in [3.05, 3.63) is 59.2 Å². The van der Waals surface area contributed by atoms with Crippen molar-refractivity contribution in [3.63, 3.8) is 0 Å². The van der Waals surface area contributed by atoms with Gasteiger partial charge in [-0.05, 0) is 39.0 Å². The van der Waals surface area contributed by atoms with E-state index in [1.807, 2.05) is 6.07 Å². The number of nitriles is 2. The zero-order valence-corrected chi connectivity index (χ0v) is 15.9. The van der Waals surface area contributed by atoms with E-state index in [4.69, 9.17) is 9.47 Å². The van der Waals surface area contributed by atoms with Gasteiger partial charge < -0.3 is 9.47 Å². The number of carbonyl (C=O) groups excluding carboxylic acids is 1. The molecule has 0 aromatic heterocycles. The van der Waals surface area contributed by atoms with E-state index in [-0.39, 0.29) is 16.9 Å². The third kappa shape index (κ3) is 5.26. The van der Waals surface area contributed by atoms with Crippen LogP contribution >= 0.6 is 0 Å². The van der Waals surface area contributed by atoms with E-state index in [1.165, 1.54) is 30.3 Å². The van der Waals surface area contributed by atoms with Gasteiger partial charge in [-0.15, -0.1) is 0 Å². The Balaban J connectivity index is 2.50. The number of para-hydroxylation sites is 1. The lowest BCUT2D eigenvalue weighted by Crippen LogP contribution is -2.27. The lowest BCUT2D eigenvalue weighted by atomic mass is 9.95. The molecule has 150 valence electrons. The second kappa shape index (κ2) is 8.24. The van der Waals surface area contributed by atoms with Gasteiger partial charge in [0.2, 0.25) is 0 Å². The second-order valence-corrected chi connectivity index (χ2v) is 7.02. The van der Waals surface area contributed by atoms with Crippen molar-refractivity contribution in [2.75, 3.05) is 0 Å². The Kier molecular flexibility index (Phi) is 6.18. The fourth-order valence-corrected chi connectivity index (χ4v) is 2.51. The van der Waals surface area contributed by atoms with Crippen LogP contribution in [0.15, 0.2) is 42.5 Å². The number of ether oxygens (including phenoxy) is 2. The topological polar surface area (TPSA) is 83.1 Å². The Hall–Kier alpha value is -3.52. The van der Waals surface area contributed by atoms with Crippen molar-refractivity contribution in [2.45, 2.75) is 38.5 Å². The molecule has 1 unspecified atom stereocenters. The summed E-state index contributed by atoms with van der Waals surface area (Å²) in [6, 6.07) is 12.2. The Morgan fingerprint density at radius 3 is 2.17 bits per heavy atom. The monoisotopic (exact) mass is 402 g/mol. The van der Waals surface area contributed by atoms with Gasteiger partial charge in [0.15, 0.2) is 5.92 Å². The van der Waals surface area contributed by atoms with Gasteiger partial charge in [-0.1, -0.05) is 24.3 Å². The van der Waals surface area contributed by atoms with Crippen LogP contribution in [0.25, 0.3) is 0 Å². The first-order valence-corrected chi connectivity index (χ1v) is 8.47. The summed E-state index contributed by atoms with van der Waals surface area (Å²) in [5.74, 6) is -3.01. The van der Waals surface area contributed by atoms with Gasteiger partial charge >= 0.3 is 12.1 Å². The molecule has 0 saturated heterocycles. The maximum atomic E-state index is 13.2. The summed E-state index contributed by atoms with van der Waals surface area (Å²) in [5, 5.41) is 19.0. The number of benzene rings is 2. The van der Waals surface area contributed by atoms with Crippen molar-refractivity contribution < 1.29 is 27.4 Å². The third-order valence-corrected chi connectivity index (χ3v) is 3.67. The molecular weight excluding hydrogens is 385 g/mol. The van der Waals surface area contributed by atoms with E-state index < -0.39 is 35.0 Å². The number of hydrogen-bond donors (Lipinski definition) is 0. The lowest BCUT2D eigenvalue weighted by Gasteiger charge is -2.22. The number of hydrogen-bond acceptors (Lipinski definition) is 5. The zero-order chi connectivity index (χ0) is 21.8. The van der Waals surface area contributed by atoms with E-state index in [2.05, 4.69) is 0 Å². The van der Waals surface area contributed by atoms with E-state index in [0.29, 0.717) is 0 Å². The van der Waals surface area contributed by atoms with Crippen LogP contribution in [0, 0.1) is 22.7 Å². The Morgan fingerprint density at radius 2 is 1.62 bits per heavy atom. The van der Waals surface area contributed by atoms with Crippen molar-refractivity contribution in [3.8, 4) is 23.6 Å². The van der Waals surface area contributed by atoms with Crippen LogP contribution in [-0.4, -0.2) is 11.6 Å². The Morgan fingerprint density at radius 1 is 1.00 bits per heavy atom. The zero-order valence-electron chi connectivity index (χ0n) is 15.9. The minimum absolute atomic E-state index is 0.00811. The van der Waals surface area contributed by atoms with Crippen LogP contribution in [0.3, 0.4) is 0 Å². The van der Waals surface area contributed by atoms with Crippen LogP contribution in [0.4, 0.5) is 13.2 Å². The maximum absolute atomic E-state index is 13.2. The standard InChI is InChI=1S/C21H17F3N2O3/c1-20(2,3)29-19(27)15(12-26)13-7-6-10-17(14(13)11-25)28-18-9-5-4-8-16(18)21(22,23)24/h4-10,15H,1-3H3. The first-order chi connectivity index (χ1) is 13.5. The third-order valence-electron chi connectivity index (χ3n) is 3.67. The molecule has 0 fully saturated rings. The summed E-state index contributed by atoms with van der Waals surface area (Å²) in [7, 11) is 0. The summed E-state index contributed by atoms with van der Waals surface area (Å²) >= 11 is 0. The quantitative estimate of drug-likeness (QED) is 0.647. The highest BCUT2D eigenvalue weighted by Gasteiger charge is 2.35. The molecule has 0 heterocycles. The van der Waals surface area contributed by atoms with Crippen molar-refractivity contribution in [1.82, 2.24) is 0 Å². The lowest BCUT2D eigenvalue weighted by molar-refractivity contribution is -0.155. The van der Waals surface area contributed by atoms with Crippen LogP contribution in [0.1, 0.15) is 43.4 Å². The maximum Gasteiger partial charge on any atom is 0.419 e. The molecule has 8 heteroatoms. The molecule has 2 aromatic rings. The van der Waals surface area contributed by atoms with Crippen molar-refractivity contribution in [1.29, 1.82) is 10.5 Å². The highest BCUT2D eigenvalue weighted by Crippen LogP contribution is 2.39. The normalized spacial score (nSPS) is 12.4. The summed E-state index contributed by atoms with van der Waals surface area (Å²) in [6.45, 7) is 4.87. The molecule has 2 aromatic carbocycles. The molecule has 0 aliphatic rings. The SMILES string of the molecule is CC(C)(C)OC(=O)C(C#N)c1cccc(Oc2ccccc2C(F)(F)F)c1C#N. The first-order valence-electron chi connectivity index (χ1n) is 8.47. The Labute approximate surface area is 165 Å². The average Bonchev–Trinajstić information content (AvgIpc) is 2.60. The van der Waals surface area contributed by atoms with Crippen LogP contribution in [0.2, 0.25) is 0 Å². The van der Waals surface area contributed by atoms with Gasteiger partial charge in [-0.2, -0.15) is 23.7 Å². The molecular formula is C21H17F3N2O3. The van der Waals surface area contributed by atoms with Gasteiger partial charge in [0.1, 0.15) is 23.2 Å². The second-order valence-electron chi connectivity index (χ2n) is 7.02. The molecule has 0 saturated carbocycles. The molecule has 0 spiro atoms. The van der Waals surface area contributed by atoms with Crippen molar-refractivity contribution >= 4 is 5.97 Å². The van der Waals surface area contributed by atoms with Gasteiger partial charge in [0.05, 0.1) is 17.2 Å². The van der Waals surface area contributed by atoms with Gasteiger partial charge in [0, 0.05) is 5.56 Å². The predicted octanol–water partition coefficient (Wildman–Crippen LogP) is 5.32. The molecule has 0 aliphatic carbocycles. The molecule has 1 atom stereocenters. The fourth-order valence-electron chi connectivity index (χ4n) is 2.51. The predicted molar refractivity (Wildman–Crippen MR) is 96.9 cm³/mol. The van der Waals surface area contributed by atoms with Crippen LogP contribution < -0.4 is 4.74 Å². The summed E-state index contributed by atoms with van der Waals surface area (Å²) < 4.78 is 50.2. The highest BCUT2D eigenvalue weighted by atomic mass is 19.4. The van der Waals surface area contributed by atoms with E-state index in [9.17, 15) is 28.5 Å². The minimum Gasteiger partial charge on any atom is -0.459 e. The molecule has 0 N–H and O–H groups in total. The molecule has 0 aliphatic heterocycles. The molecule has 0 radical (unpaired) electrons. The van der Waals surface area contributed by atoms with Crippen molar-refractivity contribution in [2.24, 2.45) is 0 Å². The smallest absolute Gasteiger partial charge is 0.419 e. The Bertz CT molecular complexity index is 996. The molecule has 2 rings (SSSR count). The minimum atomic E-state index is -4.66. The van der Waals surface area contributed by atoms with Gasteiger partial charge in [-0.25, -0.2) is 0 Å². The highest BCUT2D eigenvalue weighted by molar-refractivity contribution is 5.83. The van der Waals surface area contributed by atoms with Crippen LogP contribution in [-0.2, 0) is 15.7 Å². The molecule has 0 bridgehead atoms. The number of esters is 1. The summed E-state index contributed by atoms with van der Waals surface area (Å²) in [5.41, 5.74) is -2.11. The molecule has 5 nitrogen and oxygen atoms in total. The van der Waals surface area contributed by atoms with Gasteiger partial charge in [0.25, 0.3) is 0 Å². The van der Waals surface area contributed by atoms with E-state index in [1.54, 1.807) is 26.8 Å². The molecule has 0 amide bonds. The van der Waals surface area contributed by atoms with E-state index >= 15 is 0 Å². The number of carbonyl (C=O) groups is 1. The number of nitrogens with zero attached hydrogens (tertiary/aromatic N) is 2. The van der Waals surface area contributed by atoms with Gasteiger partial charge in [-0.3, -0.25) is 4.79 Å². The number of rotatable bonds is 4. The average molecular weight is 402 g/mol.